The molecule has 90 valence electrons. The molecular formula is C12H14N2O2S. The molecule has 0 aliphatic rings. The van der Waals surface area contributed by atoms with E-state index in [-0.39, 0.29) is 5.97 Å². The minimum absolute atomic E-state index is 0.173. The van der Waals surface area contributed by atoms with E-state index in [1.807, 2.05) is 19.2 Å². The molecule has 0 spiro atoms. The van der Waals surface area contributed by atoms with Crippen LogP contribution in [0.4, 0.5) is 0 Å². The monoisotopic (exact) mass is 250 g/mol. The lowest BCUT2D eigenvalue weighted by atomic mass is 10.2. The van der Waals surface area contributed by atoms with Crippen molar-refractivity contribution < 1.29 is 9.53 Å². The number of hydrogen-bond acceptors (Lipinski definition) is 4. The quantitative estimate of drug-likeness (QED) is 0.669. The number of pyridine rings is 1. The van der Waals surface area contributed by atoms with Crippen molar-refractivity contribution in [3.8, 4) is 0 Å². The lowest BCUT2D eigenvalue weighted by Crippen LogP contribution is -2.00. The smallest absolute Gasteiger partial charge is 0.306 e. The average molecular weight is 250 g/mol. The molecule has 2 heterocycles. The third-order valence-electron chi connectivity index (χ3n) is 2.52. The van der Waals surface area contributed by atoms with Crippen molar-refractivity contribution in [3.05, 3.63) is 24.0 Å². The molecule has 17 heavy (non-hydrogen) atoms. The summed E-state index contributed by atoms with van der Waals surface area (Å²) < 4.78 is 4.61. The van der Waals surface area contributed by atoms with Gasteiger partial charge in [0.1, 0.15) is 5.65 Å². The Morgan fingerprint density at radius 3 is 3.18 bits per heavy atom. The minimum atomic E-state index is -0.173. The summed E-state index contributed by atoms with van der Waals surface area (Å²) in [6.07, 6.45) is 4.15. The summed E-state index contributed by atoms with van der Waals surface area (Å²) in [7, 11) is 1.41. The predicted octanol–water partition coefficient (Wildman–Crippen LogP) is 2.53. The van der Waals surface area contributed by atoms with Crippen LogP contribution in [0.3, 0.4) is 0 Å². The highest BCUT2D eigenvalue weighted by atomic mass is 32.2. The van der Waals surface area contributed by atoms with Crippen LogP contribution in [0.1, 0.15) is 12.0 Å². The molecule has 2 rings (SSSR count). The van der Waals surface area contributed by atoms with E-state index in [1.54, 1.807) is 18.0 Å². The number of esters is 1. The summed E-state index contributed by atoms with van der Waals surface area (Å²) in [6.45, 7) is 2.05. The summed E-state index contributed by atoms with van der Waals surface area (Å²) in [4.78, 5) is 19.6. The number of nitrogens with one attached hydrogen (secondary N) is 1. The highest BCUT2D eigenvalue weighted by molar-refractivity contribution is 7.99. The minimum Gasteiger partial charge on any atom is -0.469 e. The highest BCUT2D eigenvalue weighted by Crippen LogP contribution is 2.29. The van der Waals surface area contributed by atoms with Crippen molar-refractivity contribution >= 4 is 28.8 Å². The van der Waals surface area contributed by atoms with Gasteiger partial charge in [0.15, 0.2) is 0 Å². The maximum atomic E-state index is 11.0. The molecule has 4 nitrogen and oxygen atoms in total. The van der Waals surface area contributed by atoms with Gasteiger partial charge in [-0.05, 0) is 18.6 Å². The molecule has 0 saturated carbocycles. The second-order valence-electron chi connectivity index (χ2n) is 3.68. The van der Waals surface area contributed by atoms with E-state index in [4.69, 9.17) is 0 Å². The fraction of sp³-hybridized carbons (Fsp3) is 0.333. The predicted molar refractivity (Wildman–Crippen MR) is 68.2 cm³/mol. The number of H-pyrrole nitrogens is 1. The molecule has 2 aromatic heterocycles. The van der Waals surface area contributed by atoms with E-state index in [9.17, 15) is 4.79 Å². The maximum Gasteiger partial charge on any atom is 0.306 e. The summed E-state index contributed by atoms with van der Waals surface area (Å²) in [5, 5.41) is 1.14. The van der Waals surface area contributed by atoms with Gasteiger partial charge in [-0.15, -0.1) is 11.8 Å². The first-order chi connectivity index (χ1) is 8.22. The second-order valence-corrected chi connectivity index (χ2v) is 4.82. The molecule has 5 heteroatoms. The first-order valence-corrected chi connectivity index (χ1v) is 6.33. The van der Waals surface area contributed by atoms with Crippen LogP contribution in [0.5, 0.6) is 0 Å². The van der Waals surface area contributed by atoms with Gasteiger partial charge in [0.2, 0.25) is 0 Å². The molecule has 0 atom stereocenters. The number of carbonyl (C=O) groups excluding carboxylic acids is 1. The fourth-order valence-corrected chi connectivity index (χ4v) is 2.70. The van der Waals surface area contributed by atoms with Gasteiger partial charge in [-0.25, -0.2) is 4.98 Å². The summed E-state index contributed by atoms with van der Waals surface area (Å²) in [5.41, 5.74) is 2.07. The largest absolute Gasteiger partial charge is 0.469 e. The van der Waals surface area contributed by atoms with Crippen LogP contribution in [0, 0.1) is 6.92 Å². The van der Waals surface area contributed by atoms with Crippen molar-refractivity contribution in [2.45, 2.75) is 18.2 Å². The summed E-state index contributed by atoms with van der Waals surface area (Å²) in [5.74, 6) is 0.546. The fourth-order valence-electron chi connectivity index (χ4n) is 1.65. The van der Waals surface area contributed by atoms with Gasteiger partial charge in [-0.1, -0.05) is 0 Å². The second kappa shape index (κ2) is 5.23. The van der Waals surface area contributed by atoms with Crippen LogP contribution in [0.15, 0.2) is 23.4 Å². The molecule has 0 saturated heterocycles. The van der Waals surface area contributed by atoms with E-state index in [2.05, 4.69) is 14.7 Å². The van der Waals surface area contributed by atoms with Gasteiger partial charge in [-0.3, -0.25) is 4.79 Å². The number of ether oxygens (including phenoxy) is 1. The molecule has 0 amide bonds. The summed E-state index contributed by atoms with van der Waals surface area (Å²) >= 11 is 1.65. The lowest BCUT2D eigenvalue weighted by molar-refractivity contribution is -0.140. The number of methoxy groups -OCH3 is 1. The maximum absolute atomic E-state index is 11.0. The number of aromatic amines is 1. The molecule has 0 aliphatic heterocycles. The molecule has 2 aromatic rings. The van der Waals surface area contributed by atoms with Gasteiger partial charge < -0.3 is 9.72 Å². The topological polar surface area (TPSA) is 55.0 Å². The van der Waals surface area contributed by atoms with Gasteiger partial charge >= 0.3 is 5.97 Å². The van der Waals surface area contributed by atoms with Gasteiger partial charge in [0.25, 0.3) is 0 Å². The van der Waals surface area contributed by atoms with Crippen molar-refractivity contribution in [1.82, 2.24) is 9.97 Å². The van der Waals surface area contributed by atoms with Gasteiger partial charge in [0.05, 0.1) is 13.5 Å². The zero-order chi connectivity index (χ0) is 12.3. The van der Waals surface area contributed by atoms with E-state index in [1.165, 1.54) is 12.7 Å². The lowest BCUT2D eigenvalue weighted by Gasteiger charge is -2.03. The number of carbonyl (C=O) groups is 1. The molecule has 0 aromatic carbocycles. The van der Waals surface area contributed by atoms with Crippen LogP contribution in [0.25, 0.3) is 11.0 Å². The van der Waals surface area contributed by atoms with Gasteiger partial charge in [-0.2, -0.15) is 0 Å². The average Bonchev–Trinajstić information content (AvgIpc) is 2.72. The van der Waals surface area contributed by atoms with Crippen LogP contribution in [-0.4, -0.2) is 28.8 Å². The Labute approximate surface area is 104 Å². The first-order valence-electron chi connectivity index (χ1n) is 5.34. The Morgan fingerprint density at radius 1 is 1.59 bits per heavy atom. The molecule has 0 unspecified atom stereocenters. The molecule has 1 N–H and O–H groups in total. The van der Waals surface area contributed by atoms with Crippen LogP contribution >= 0.6 is 11.8 Å². The van der Waals surface area contributed by atoms with Crippen LogP contribution in [0.2, 0.25) is 0 Å². The van der Waals surface area contributed by atoms with E-state index in [0.29, 0.717) is 6.42 Å². The molecule has 0 radical (unpaired) electrons. The van der Waals surface area contributed by atoms with Crippen molar-refractivity contribution in [1.29, 1.82) is 0 Å². The highest BCUT2D eigenvalue weighted by Gasteiger charge is 2.08. The first kappa shape index (κ1) is 12.0. The number of fused-ring (bicyclic) bond motifs is 1. The normalized spacial score (nSPS) is 10.7. The van der Waals surface area contributed by atoms with E-state index in [0.717, 1.165) is 21.7 Å². The third-order valence-corrected chi connectivity index (χ3v) is 3.58. The SMILES string of the molecule is COC(=O)CCSc1ccnc2[nH]cc(C)c12. The molecule has 0 aliphatic carbocycles. The zero-order valence-corrected chi connectivity index (χ0v) is 10.6. The Morgan fingerprint density at radius 2 is 2.41 bits per heavy atom. The standard InChI is InChI=1S/C12H14N2O2S/c1-8-7-14-12-11(8)9(3-5-13-12)17-6-4-10(15)16-2/h3,5,7H,4,6H2,1-2H3,(H,13,14). The number of hydrogen-bond donors (Lipinski definition) is 1. The van der Waals surface area contributed by atoms with Crippen LogP contribution < -0.4 is 0 Å². The number of thioether (sulfide) groups is 1. The van der Waals surface area contributed by atoms with Crippen molar-refractivity contribution in [2.24, 2.45) is 0 Å². The van der Waals surface area contributed by atoms with Crippen molar-refractivity contribution in [3.63, 3.8) is 0 Å². The number of rotatable bonds is 4. The zero-order valence-electron chi connectivity index (χ0n) is 9.82. The van der Waals surface area contributed by atoms with Gasteiger partial charge in [0, 0.05) is 28.4 Å². The Balaban J connectivity index is 2.13. The van der Waals surface area contributed by atoms with Crippen LogP contribution in [-0.2, 0) is 9.53 Å². The number of aryl methyl sites for hydroxylation is 1. The Kier molecular flexibility index (Phi) is 3.68. The third kappa shape index (κ3) is 2.61. The number of aromatic nitrogens is 2. The molecule has 0 fully saturated rings. The Bertz CT molecular complexity index is 536. The molecule has 0 bridgehead atoms. The van der Waals surface area contributed by atoms with E-state index >= 15 is 0 Å². The Hall–Kier alpha value is -1.49. The molecular weight excluding hydrogens is 236 g/mol. The van der Waals surface area contributed by atoms with E-state index < -0.39 is 0 Å². The number of nitrogens with zero attached hydrogens (tertiary/aromatic N) is 1. The van der Waals surface area contributed by atoms with Crippen molar-refractivity contribution in [2.75, 3.05) is 12.9 Å². The summed E-state index contributed by atoms with van der Waals surface area (Å²) in [6, 6.07) is 1.98.